The average molecular weight is 284 g/mol. The lowest BCUT2D eigenvalue weighted by atomic mass is 10.0. The molecule has 1 amide bonds. The molecule has 2 rings (SSSR count). The molecule has 0 atom stereocenters. The maximum absolute atomic E-state index is 12.6. The van der Waals surface area contributed by atoms with Gasteiger partial charge in [0.15, 0.2) is 0 Å². The number of hydrogen-bond donors (Lipinski definition) is 2. The maximum Gasteiger partial charge on any atom is 0.247 e. The van der Waals surface area contributed by atoms with E-state index in [0.29, 0.717) is 0 Å². The molecule has 1 aromatic heterocycles. The van der Waals surface area contributed by atoms with Crippen LogP contribution in [0.5, 0.6) is 0 Å². The standard InChI is InChI=1S/C11H16N4O3S/c1-11(2)10(16)14-5-6-15(11)19(17,18)9-7-13-4-3-8(9)12/h3-4,7H,5-6H2,1-2H3,(H2,12,13)(H,14,16). The van der Waals surface area contributed by atoms with Gasteiger partial charge < -0.3 is 11.1 Å². The second-order valence-electron chi connectivity index (χ2n) is 4.81. The van der Waals surface area contributed by atoms with E-state index in [1.54, 1.807) is 13.8 Å². The van der Waals surface area contributed by atoms with Gasteiger partial charge in [-0.2, -0.15) is 4.31 Å². The fraction of sp³-hybridized carbons (Fsp3) is 0.455. The van der Waals surface area contributed by atoms with E-state index < -0.39 is 15.6 Å². The molecule has 1 saturated heterocycles. The van der Waals surface area contributed by atoms with Crippen molar-refractivity contribution in [2.75, 3.05) is 18.8 Å². The zero-order chi connectivity index (χ0) is 14.3. The Kier molecular flexibility index (Phi) is 3.23. The minimum absolute atomic E-state index is 0.0715. The van der Waals surface area contributed by atoms with Gasteiger partial charge in [0.1, 0.15) is 10.4 Å². The van der Waals surface area contributed by atoms with Gasteiger partial charge in [0.2, 0.25) is 15.9 Å². The molecular weight excluding hydrogens is 268 g/mol. The minimum Gasteiger partial charge on any atom is -0.398 e. The van der Waals surface area contributed by atoms with Crippen LogP contribution in [0.15, 0.2) is 23.4 Å². The van der Waals surface area contributed by atoms with Gasteiger partial charge in [0.25, 0.3) is 0 Å². The summed E-state index contributed by atoms with van der Waals surface area (Å²) in [4.78, 5) is 15.5. The first kappa shape index (κ1) is 13.8. The van der Waals surface area contributed by atoms with Crippen molar-refractivity contribution in [1.82, 2.24) is 14.6 Å². The Balaban J connectivity index is 2.51. The van der Waals surface area contributed by atoms with E-state index in [9.17, 15) is 13.2 Å². The predicted molar refractivity (Wildman–Crippen MR) is 69.6 cm³/mol. The third-order valence-electron chi connectivity index (χ3n) is 3.16. The van der Waals surface area contributed by atoms with Crippen LogP contribution in [0, 0.1) is 0 Å². The van der Waals surface area contributed by atoms with Crippen LogP contribution in [0.1, 0.15) is 13.8 Å². The van der Waals surface area contributed by atoms with Crippen molar-refractivity contribution in [2.45, 2.75) is 24.3 Å². The van der Waals surface area contributed by atoms with Gasteiger partial charge in [-0.3, -0.25) is 9.78 Å². The number of sulfonamides is 1. The highest BCUT2D eigenvalue weighted by Gasteiger charge is 2.45. The number of piperazine rings is 1. The fourth-order valence-electron chi connectivity index (χ4n) is 2.03. The number of carbonyl (C=O) groups excluding carboxylic acids is 1. The van der Waals surface area contributed by atoms with E-state index in [2.05, 4.69) is 10.3 Å². The van der Waals surface area contributed by atoms with Crippen molar-refractivity contribution < 1.29 is 13.2 Å². The lowest BCUT2D eigenvalue weighted by Gasteiger charge is -2.39. The Labute approximate surface area is 111 Å². The number of carbonyl (C=O) groups is 1. The SMILES string of the molecule is CC1(C)C(=O)NCCN1S(=O)(=O)c1cnccc1N. The van der Waals surface area contributed by atoms with Crippen LogP contribution in [-0.2, 0) is 14.8 Å². The van der Waals surface area contributed by atoms with Crippen molar-refractivity contribution in [3.8, 4) is 0 Å². The highest BCUT2D eigenvalue weighted by molar-refractivity contribution is 7.89. The molecule has 0 radical (unpaired) electrons. The molecule has 1 aromatic rings. The highest BCUT2D eigenvalue weighted by atomic mass is 32.2. The number of hydrogen-bond acceptors (Lipinski definition) is 5. The zero-order valence-corrected chi connectivity index (χ0v) is 11.6. The van der Waals surface area contributed by atoms with Gasteiger partial charge in [-0.15, -0.1) is 0 Å². The van der Waals surface area contributed by atoms with Crippen LogP contribution in [0.2, 0.25) is 0 Å². The number of nitrogens with one attached hydrogen (secondary N) is 1. The molecule has 7 nitrogen and oxygen atoms in total. The molecular formula is C11H16N4O3S. The van der Waals surface area contributed by atoms with E-state index in [-0.39, 0.29) is 29.6 Å². The molecule has 2 heterocycles. The Bertz CT molecular complexity index is 612. The fourth-order valence-corrected chi connectivity index (χ4v) is 3.84. The quantitative estimate of drug-likeness (QED) is 0.766. The smallest absolute Gasteiger partial charge is 0.247 e. The molecule has 0 saturated carbocycles. The van der Waals surface area contributed by atoms with Crippen molar-refractivity contribution in [1.29, 1.82) is 0 Å². The Morgan fingerprint density at radius 1 is 1.47 bits per heavy atom. The van der Waals surface area contributed by atoms with Crippen LogP contribution in [0.3, 0.4) is 0 Å². The van der Waals surface area contributed by atoms with Crippen LogP contribution in [-0.4, -0.2) is 42.2 Å². The van der Waals surface area contributed by atoms with Crippen LogP contribution >= 0.6 is 0 Å². The maximum atomic E-state index is 12.6. The monoisotopic (exact) mass is 284 g/mol. The summed E-state index contributed by atoms with van der Waals surface area (Å²) >= 11 is 0. The molecule has 0 unspecified atom stereocenters. The van der Waals surface area contributed by atoms with E-state index in [1.807, 2.05) is 0 Å². The molecule has 1 aliphatic rings. The summed E-state index contributed by atoms with van der Waals surface area (Å²) < 4.78 is 26.3. The molecule has 19 heavy (non-hydrogen) atoms. The summed E-state index contributed by atoms with van der Waals surface area (Å²) in [6, 6.07) is 1.42. The number of anilines is 1. The largest absolute Gasteiger partial charge is 0.398 e. The summed E-state index contributed by atoms with van der Waals surface area (Å²) in [6.07, 6.45) is 2.62. The lowest BCUT2D eigenvalue weighted by Crippen LogP contribution is -2.63. The van der Waals surface area contributed by atoms with Gasteiger partial charge in [0.05, 0.1) is 5.69 Å². The Morgan fingerprint density at radius 3 is 2.79 bits per heavy atom. The number of pyridine rings is 1. The molecule has 0 bridgehead atoms. The third-order valence-corrected chi connectivity index (χ3v) is 5.28. The zero-order valence-electron chi connectivity index (χ0n) is 10.8. The number of rotatable bonds is 2. The van der Waals surface area contributed by atoms with E-state index in [4.69, 9.17) is 5.73 Å². The van der Waals surface area contributed by atoms with E-state index in [0.717, 1.165) is 4.31 Å². The number of nitrogen functional groups attached to an aromatic ring is 1. The molecule has 0 aliphatic carbocycles. The molecule has 8 heteroatoms. The molecule has 104 valence electrons. The van der Waals surface area contributed by atoms with E-state index >= 15 is 0 Å². The third kappa shape index (κ3) is 2.17. The van der Waals surface area contributed by atoms with Gasteiger partial charge in [-0.05, 0) is 19.9 Å². The molecule has 0 aromatic carbocycles. The van der Waals surface area contributed by atoms with Crippen molar-refractivity contribution >= 4 is 21.6 Å². The van der Waals surface area contributed by atoms with Crippen molar-refractivity contribution in [3.05, 3.63) is 18.5 Å². The summed E-state index contributed by atoms with van der Waals surface area (Å²) in [5, 5.41) is 2.65. The number of nitrogens with two attached hydrogens (primary N) is 1. The van der Waals surface area contributed by atoms with Crippen LogP contribution < -0.4 is 11.1 Å². The minimum atomic E-state index is -3.85. The van der Waals surface area contributed by atoms with Gasteiger partial charge >= 0.3 is 0 Å². The summed E-state index contributed by atoms with van der Waals surface area (Å²) in [5.74, 6) is -0.329. The Morgan fingerprint density at radius 2 is 2.16 bits per heavy atom. The first-order valence-corrected chi connectivity index (χ1v) is 7.22. The van der Waals surface area contributed by atoms with Crippen LogP contribution in [0.4, 0.5) is 5.69 Å². The van der Waals surface area contributed by atoms with Crippen molar-refractivity contribution in [3.63, 3.8) is 0 Å². The summed E-state index contributed by atoms with van der Waals surface area (Å²) in [6.45, 7) is 3.61. The molecule has 0 spiro atoms. The number of amides is 1. The average Bonchev–Trinajstić information content (AvgIpc) is 2.32. The topological polar surface area (TPSA) is 105 Å². The van der Waals surface area contributed by atoms with Gasteiger partial charge in [-0.1, -0.05) is 0 Å². The predicted octanol–water partition coefficient (Wildman–Crippen LogP) is -0.437. The van der Waals surface area contributed by atoms with Gasteiger partial charge in [-0.25, -0.2) is 8.42 Å². The van der Waals surface area contributed by atoms with Gasteiger partial charge in [0, 0.05) is 25.5 Å². The second-order valence-corrected chi connectivity index (χ2v) is 6.64. The first-order valence-electron chi connectivity index (χ1n) is 5.78. The number of nitrogens with zero attached hydrogens (tertiary/aromatic N) is 2. The lowest BCUT2D eigenvalue weighted by molar-refractivity contribution is -0.131. The molecule has 1 fully saturated rings. The summed E-state index contributed by atoms with van der Waals surface area (Å²) in [5.41, 5.74) is 4.66. The van der Waals surface area contributed by atoms with Crippen LogP contribution in [0.25, 0.3) is 0 Å². The van der Waals surface area contributed by atoms with Crippen molar-refractivity contribution in [2.24, 2.45) is 0 Å². The number of aromatic nitrogens is 1. The van der Waals surface area contributed by atoms with E-state index in [1.165, 1.54) is 18.5 Å². The molecule has 1 aliphatic heterocycles. The highest BCUT2D eigenvalue weighted by Crippen LogP contribution is 2.28. The Hall–Kier alpha value is -1.67. The molecule has 3 N–H and O–H groups in total. The summed E-state index contributed by atoms with van der Waals surface area (Å²) in [7, 11) is -3.85. The first-order chi connectivity index (χ1) is 8.78. The second kappa shape index (κ2) is 4.46. The normalized spacial score (nSPS) is 20.0.